The molecule has 0 unspecified atom stereocenters. The van der Waals surface area contributed by atoms with Gasteiger partial charge in [-0.1, -0.05) is 0 Å². The van der Waals surface area contributed by atoms with Gasteiger partial charge >= 0.3 is 0 Å². The highest BCUT2D eigenvalue weighted by molar-refractivity contribution is 5.99. The highest BCUT2D eigenvalue weighted by atomic mass is 16.3. The van der Waals surface area contributed by atoms with Gasteiger partial charge in [-0.05, 0) is 13.0 Å². The summed E-state index contributed by atoms with van der Waals surface area (Å²) >= 11 is 0. The zero-order chi connectivity index (χ0) is 12.1. The Morgan fingerprint density at radius 2 is 2.31 bits per heavy atom. The Hall–Kier alpha value is -1.62. The molecule has 5 nitrogen and oxygen atoms in total. The third-order valence-electron chi connectivity index (χ3n) is 2.32. The van der Waals surface area contributed by atoms with E-state index in [0.717, 1.165) is 11.4 Å². The number of carbonyl (C=O) groups excluding carboxylic acids is 1. The van der Waals surface area contributed by atoms with Crippen molar-refractivity contribution in [3.8, 4) is 0 Å². The second kappa shape index (κ2) is 5.46. The molecule has 88 valence electrons. The first-order valence-electron chi connectivity index (χ1n) is 5.11. The van der Waals surface area contributed by atoms with E-state index in [1.807, 2.05) is 13.0 Å². The van der Waals surface area contributed by atoms with Crippen LogP contribution in [0.1, 0.15) is 16.1 Å². The molecule has 1 aromatic rings. The lowest BCUT2D eigenvalue weighted by Crippen LogP contribution is -2.30. The maximum absolute atomic E-state index is 12.0. The number of pyridine rings is 1. The second-order valence-electron chi connectivity index (χ2n) is 3.57. The van der Waals surface area contributed by atoms with Gasteiger partial charge in [-0.25, -0.2) is 0 Å². The molecule has 0 atom stereocenters. The maximum atomic E-state index is 12.0. The van der Waals surface area contributed by atoms with Gasteiger partial charge in [-0.15, -0.1) is 0 Å². The van der Waals surface area contributed by atoms with Crippen LogP contribution in [0.25, 0.3) is 0 Å². The summed E-state index contributed by atoms with van der Waals surface area (Å²) in [5.41, 5.74) is 2.12. The normalized spacial score (nSPS) is 10.0. The number of rotatable bonds is 4. The van der Waals surface area contributed by atoms with E-state index in [2.05, 4.69) is 10.3 Å². The molecule has 5 heteroatoms. The van der Waals surface area contributed by atoms with E-state index in [4.69, 9.17) is 5.11 Å². The summed E-state index contributed by atoms with van der Waals surface area (Å²) in [5, 5.41) is 11.7. The van der Waals surface area contributed by atoms with Crippen LogP contribution in [0, 0.1) is 6.92 Å². The number of anilines is 1. The monoisotopic (exact) mass is 223 g/mol. The molecule has 1 amide bonds. The van der Waals surface area contributed by atoms with Gasteiger partial charge in [-0.2, -0.15) is 0 Å². The molecule has 0 bridgehead atoms. The maximum Gasteiger partial charge on any atom is 0.257 e. The molecule has 0 spiro atoms. The predicted molar refractivity (Wildman–Crippen MR) is 62.6 cm³/mol. The van der Waals surface area contributed by atoms with Crippen LogP contribution in [-0.4, -0.2) is 48.1 Å². The fourth-order valence-corrected chi connectivity index (χ4v) is 1.39. The summed E-state index contributed by atoms with van der Waals surface area (Å²) in [6.07, 6.45) is 1.55. The van der Waals surface area contributed by atoms with Crippen molar-refractivity contribution in [3.05, 3.63) is 23.5 Å². The molecular formula is C11H17N3O2. The highest BCUT2D eigenvalue weighted by Crippen LogP contribution is 2.16. The fourth-order valence-electron chi connectivity index (χ4n) is 1.39. The summed E-state index contributed by atoms with van der Waals surface area (Å²) in [6, 6.07) is 1.82. The first-order chi connectivity index (χ1) is 7.60. The van der Waals surface area contributed by atoms with Crippen LogP contribution in [0.5, 0.6) is 0 Å². The number of aliphatic hydroxyl groups is 1. The predicted octanol–water partition coefficient (Wildman–Crippen LogP) is 0.496. The quantitative estimate of drug-likeness (QED) is 0.780. The summed E-state index contributed by atoms with van der Waals surface area (Å²) in [6.45, 7) is 2.14. The average Bonchev–Trinajstić information content (AvgIpc) is 2.28. The van der Waals surface area contributed by atoms with Gasteiger partial charge in [0.15, 0.2) is 0 Å². The number of hydrogen-bond donors (Lipinski definition) is 2. The van der Waals surface area contributed by atoms with E-state index in [9.17, 15) is 4.79 Å². The number of nitrogens with zero attached hydrogens (tertiary/aromatic N) is 2. The van der Waals surface area contributed by atoms with Crippen LogP contribution in [0.3, 0.4) is 0 Å². The zero-order valence-corrected chi connectivity index (χ0v) is 9.82. The summed E-state index contributed by atoms with van der Waals surface area (Å²) in [7, 11) is 3.41. The Morgan fingerprint density at radius 1 is 1.62 bits per heavy atom. The van der Waals surface area contributed by atoms with Gasteiger partial charge < -0.3 is 15.3 Å². The van der Waals surface area contributed by atoms with Crippen LogP contribution < -0.4 is 5.32 Å². The highest BCUT2D eigenvalue weighted by Gasteiger charge is 2.15. The summed E-state index contributed by atoms with van der Waals surface area (Å²) < 4.78 is 0. The lowest BCUT2D eigenvalue weighted by molar-refractivity contribution is 0.0767. The van der Waals surface area contributed by atoms with Crippen LogP contribution in [0.2, 0.25) is 0 Å². The molecule has 0 saturated heterocycles. The smallest absolute Gasteiger partial charge is 0.257 e. The molecule has 2 N–H and O–H groups in total. The molecule has 0 radical (unpaired) electrons. The Labute approximate surface area is 95.1 Å². The lowest BCUT2D eigenvalue weighted by Gasteiger charge is -2.17. The molecule has 0 fully saturated rings. The van der Waals surface area contributed by atoms with Gasteiger partial charge in [-0.3, -0.25) is 9.78 Å². The lowest BCUT2D eigenvalue weighted by atomic mass is 10.2. The van der Waals surface area contributed by atoms with E-state index in [-0.39, 0.29) is 12.5 Å². The number of amides is 1. The minimum absolute atomic E-state index is 0.0452. The first-order valence-corrected chi connectivity index (χ1v) is 5.11. The number of aromatic nitrogens is 1. The van der Waals surface area contributed by atoms with E-state index < -0.39 is 0 Å². The molecular weight excluding hydrogens is 206 g/mol. The molecule has 16 heavy (non-hydrogen) atoms. The third kappa shape index (κ3) is 2.70. The van der Waals surface area contributed by atoms with Gasteiger partial charge in [0.25, 0.3) is 5.91 Å². The largest absolute Gasteiger partial charge is 0.395 e. The third-order valence-corrected chi connectivity index (χ3v) is 2.32. The van der Waals surface area contributed by atoms with Crippen molar-refractivity contribution in [3.63, 3.8) is 0 Å². The van der Waals surface area contributed by atoms with Crippen LogP contribution in [0.4, 0.5) is 5.69 Å². The van der Waals surface area contributed by atoms with Crippen LogP contribution >= 0.6 is 0 Å². The fraction of sp³-hybridized carbons (Fsp3) is 0.455. The Morgan fingerprint density at radius 3 is 2.88 bits per heavy atom. The topological polar surface area (TPSA) is 65.5 Å². The number of hydrogen-bond acceptors (Lipinski definition) is 4. The summed E-state index contributed by atoms with van der Waals surface area (Å²) in [5.74, 6) is -0.147. The molecule has 1 heterocycles. The van der Waals surface area contributed by atoms with E-state index in [0.29, 0.717) is 12.1 Å². The van der Waals surface area contributed by atoms with Gasteiger partial charge in [0.2, 0.25) is 0 Å². The number of aliphatic hydroxyl groups excluding tert-OH is 1. The second-order valence-corrected chi connectivity index (χ2v) is 3.57. The van der Waals surface area contributed by atoms with Crippen LogP contribution in [0.15, 0.2) is 12.3 Å². The van der Waals surface area contributed by atoms with Crippen molar-refractivity contribution in [1.29, 1.82) is 0 Å². The van der Waals surface area contributed by atoms with Crippen molar-refractivity contribution >= 4 is 11.6 Å². The molecule has 1 aromatic heterocycles. The summed E-state index contributed by atoms with van der Waals surface area (Å²) in [4.78, 5) is 17.5. The number of aryl methyl sites for hydroxylation is 1. The average molecular weight is 223 g/mol. The standard InChI is InChI=1S/C11H17N3O2/c1-8-6-10(12-2)9(7-13-8)11(16)14(3)4-5-15/h6-7,15H,4-5H2,1-3H3,(H,12,13). The minimum atomic E-state index is -0.147. The molecule has 0 aliphatic rings. The zero-order valence-electron chi connectivity index (χ0n) is 9.82. The van der Waals surface area contributed by atoms with Crippen molar-refractivity contribution in [2.75, 3.05) is 32.6 Å². The van der Waals surface area contributed by atoms with Crippen molar-refractivity contribution in [1.82, 2.24) is 9.88 Å². The molecule has 0 aliphatic carbocycles. The number of carbonyl (C=O) groups is 1. The van der Waals surface area contributed by atoms with Gasteiger partial charge in [0.1, 0.15) is 0 Å². The van der Waals surface area contributed by atoms with Gasteiger partial charge in [0.05, 0.1) is 17.9 Å². The SMILES string of the molecule is CNc1cc(C)ncc1C(=O)N(C)CCO. The van der Waals surface area contributed by atoms with Crippen molar-refractivity contribution in [2.45, 2.75) is 6.92 Å². The number of likely N-dealkylation sites (N-methyl/N-ethyl adjacent to an activating group) is 1. The minimum Gasteiger partial charge on any atom is -0.395 e. The van der Waals surface area contributed by atoms with Crippen LogP contribution in [-0.2, 0) is 0 Å². The number of nitrogens with one attached hydrogen (secondary N) is 1. The van der Waals surface area contributed by atoms with Crippen molar-refractivity contribution < 1.29 is 9.90 Å². The molecule has 1 rings (SSSR count). The molecule has 0 saturated carbocycles. The Balaban J connectivity index is 2.98. The van der Waals surface area contributed by atoms with Crippen molar-refractivity contribution in [2.24, 2.45) is 0 Å². The Kier molecular flexibility index (Phi) is 4.25. The molecule has 0 aromatic carbocycles. The Bertz CT molecular complexity index is 379. The van der Waals surface area contributed by atoms with E-state index >= 15 is 0 Å². The first kappa shape index (κ1) is 12.4. The molecule has 0 aliphatic heterocycles. The van der Waals surface area contributed by atoms with E-state index in [1.165, 1.54) is 4.90 Å². The van der Waals surface area contributed by atoms with E-state index in [1.54, 1.807) is 20.3 Å². The van der Waals surface area contributed by atoms with Gasteiger partial charge in [0, 0.05) is 32.5 Å².